The first-order valence-corrected chi connectivity index (χ1v) is 8.47. The van der Waals surface area contributed by atoms with Gasteiger partial charge in [-0.05, 0) is 45.8 Å². The average molecular weight is 391 g/mol. The molecule has 8 heteroatoms. The number of rotatable bonds is 4. The molecule has 0 spiro atoms. The molecule has 2 rings (SSSR count). The van der Waals surface area contributed by atoms with Crippen molar-refractivity contribution in [3.05, 3.63) is 57.3 Å². The fraction of sp³-hybridized carbons (Fsp3) is 0.0769. The molecule has 2 aromatic rings. The molecule has 5 nitrogen and oxygen atoms in total. The van der Waals surface area contributed by atoms with Crippen molar-refractivity contribution in [1.82, 2.24) is 4.98 Å². The first kappa shape index (κ1) is 15.9. The van der Waals surface area contributed by atoms with Gasteiger partial charge in [0, 0.05) is 16.9 Å². The highest BCUT2D eigenvalue weighted by Gasteiger charge is 2.20. The second-order valence-corrected chi connectivity index (χ2v) is 7.42. The molecular weight excluding hydrogens is 382 g/mol. The lowest BCUT2D eigenvalue weighted by molar-refractivity contribution is 0.0695. The highest BCUT2D eigenvalue weighted by atomic mass is 79.9. The fourth-order valence-electron chi connectivity index (χ4n) is 1.67. The van der Waals surface area contributed by atoms with Crippen LogP contribution in [-0.4, -0.2) is 24.5 Å². The molecular formula is C13H9BrClNO4S. The molecule has 1 aromatic heterocycles. The van der Waals surface area contributed by atoms with Crippen LogP contribution in [0.4, 0.5) is 0 Å². The summed E-state index contributed by atoms with van der Waals surface area (Å²) in [6.45, 7) is 0. The largest absolute Gasteiger partial charge is 0.478 e. The molecule has 0 amide bonds. The van der Waals surface area contributed by atoms with Crippen molar-refractivity contribution < 1.29 is 18.3 Å². The molecule has 0 radical (unpaired) electrons. The zero-order valence-electron chi connectivity index (χ0n) is 10.5. The Morgan fingerprint density at radius 2 is 2.05 bits per heavy atom. The van der Waals surface area contributed by atoms with Gasteiger partial charge in [0.2, 0.25) is 0 Å². The number of benzene rings is 1. The summed E-state index contributed by atoms with van der Waals surface area (Å²) in [6.07, 6.45) is 2.80. The molecule has 0 bridgehead atoms. The molecule has 0 aliphatic heterocycles. The number of pyridine rings is 1. The van der Waals surface area contributed by atoms with Crippen LogP contribution in [0, 0.1) is 0 Å². The number of sulfone groups is 1. The number of nitrogens with zero attached hydrogens (tertiary/aromatic N) is 1. The van der Waals surface area contributed by atoms with Crippen LogP contribution in [-0.2, 0) is 15.6 Å². The van der Waals surface area contributed by atoms with Crippen molar-refractivity contribution in [2.45, 2.75) is 10.6 Å². The summed E-state index contributed by atoms with van der Waals surface area (Å²) in [5.41, 5.74) is 0.295. The summed E-state index contributed by atoms with van der Waals surface area (Å²) in [7, 11) is -3.70. The maximum atomic E-state index is 12.4. The Balaban J connectivity index is 2.43. The fourth-order valence-corrected chi connectivity index (χ4v) is 3.75. The number of halogens is 2. The Labute approximate surface area is 134 Å². The van der Waals surface area contributed by atoms with E-state index in [0.29, 0.717) is 10.0 Å². The summed E-state index contributed by atoms with van der Waals surface area (Å²) in [6, 6.07) is 5.37. The van der Waals surface area contributed by atoms with Gasteiger partial charge in [0.05, 0.1) is 21.2 Å². The standard InChI is InChI=1S/C13H9BrClNO4S/c14-11-2-1-9(5-10(11)13(17)18)21(19,20)7-8-3-4-16-6-12(8)15/h1-6H,7H2,(H,17,18). The third kappa shape index (κ3) is 3.61. The van der Waals surface area contributed by atoms with Crippen LogP contribution in [0.5, 0.6) is 0 Å². The first-order valence-electron chi connectivity index (χ1n) is 5.65. The quantitative estimate of drug-likeness (QED) is 0.867. The molecule has 0 aliphatic rings. The zero-order valence-corrected chi connectivity index (χ0v) is 13.6. The van der Waals surface area contributed by atoms with Crippen LogP contribution in [0.3, 0.4) is 0 Å². The first-order chi connectivity index (χ1) is 9.81. The third-order valence-corrected chi connectivity index (χ3v) is 5.42. The van der Waals surface area contributed by atoms with Crippen molar-refractivity contribution in [2.75, 3.05) is 0 Å². The number of carboxylic acids is 1. The molecule has 0 atom stereocenters. The van der Waals surface area contributed by atoms with Crippen LogP contribution in [0.15, 0.2) is 46.0 Å². The van der Waals surface area contributed by atoms with E-state index in [1.165, 1.54) is 30.6 Å². The van der Waals surface area contributed by atoms with Crippen molar-refractivity contribution in [3.8, 4) is 0 Å². The van der Waals surface area contributed by atoms with E-state index in [-0.39, 0.29) is 21.2 Å². The number of carbonyl (C=O) groups is 1. The molecule has 1 aromatic carbocycles. The van der Waals surface area contributed by atoms with Gasteiger partial charge in [-0.15, -0.1) is 0 Å². The summed E-state index contributed by atoms with van der Waals surface area (Å²) >= 11 is 8.97. The van der Waals surface area contributed by atoms with Crippen molar-refractivity contribution in [3.63, 3.8) is 0 Å². The highest BCUT2D eigenvalue weighted by Crippen LogP contribution is 2.25. The topological polar surface area (TPSA) is 84.3 Å². The molecule has 0 saturated heterocycles. The SMILES string of the molecule is O=C(O)c1cc(S(=O)(=O)Cc2ccncc2Cl)ccc1Br. The van der Waals surface area contributed by atoms with Crippen LogP contribution in [0.1, 0.15) is 15.9 Å². The summed E-state index contributed by atoms with van der Waals surface area (Å²) in [5, 5.41) is 9.28. The van der Waals surface area contributed by atoms with E-state index in [1.807, 2.05) is 0 Å². The zero-order chi connectivity index (χ0) is 15.6. The maximum absolute atomic E-state index is 12.4. The van der Waals surface area contributed by atoms with Gasteiger partial charge in [-0.1, -0.05) is 11.6 Å². The monoisotopic (exact) mass is 389 g/mol. The van der Waals surface area contributed by atoms with Gasteiger partial charge in [0.25, 0.3) is 0 Å². The van der Waals surface area contributed by atoms with Gasteiger partial charge < -0.3 is 5.11 Å². The lowest BCUT2D eigenvalue weighted by Crippen LogP contribution is -2.08. The minimum Gasteiger partial charge on any atom is -0.478 e. The van der Waals surface area contributed by atoms with Crippen LogP contribution in [0.2, 0.25) is 5.02 Å². The van der Waals surface area contributed by atoms with Gasteiger partial charge in [0.1, 0.15) is 0 Å². The Morgan fingerprint density at radius 3 is 2.67 bits per heavy atom. The molecule has 110 valence electrons. The van der Waals surface area contributed by atoms with Crippen molar-refractivity contribution in [1.29, 1.82) is 0 Å². The maximum Gasteiger partial charge on any atom is 0.336 e. The average Bonchev–Trinajstić information content (AvgIpc) is 2.41. The minimum absolute atomic E-state index is 0.0732. The minimum atomic E-state index is -3.70. The molecule has 0 fully saturated rings. The van der Waals surface area contributed by atoms with E-state index in [9.17, 15) is 13.2 Å². The lowest BCUT2D eigenvalue weighted by Gasteiger charge is -2.08. The number of carboxylic acid groups (broad SMARTS) is 1. The van der Waals surface area contributed by atoms with Crippen LogP contribution >= 0.6 is 27.5 Å². The van der Waals surface area contributed by atoms with Gasteiger partial charge in [-0.25, -0.2) is 13.2 Å². The molecule has 0 saturated carbocycles. The molecule has 21 heavy (non-hydrogen) atoms. The van der Waals surface area contributed by atoms with E-state index < -0.39 is 15.8 Å². The Kier molecular flexibility index (Phi) is 4.65. The molecule has 0 unspecified atom stereocenters. The van der Waals surface area contributed by atoms with E-state index >= 15 is 0 Å². The summed E-state index contributed by atoms with van der Waals surface area (Å²) in [4.78, 5) is 14.8. The predicted octanol–water partition coefficient (Wildman–Crippen LogP) is 3.17. The molecule has 1 heterocycles. The Morgan fingerprint density at radius 1 is 1.33 bits per heavy atom. The highest BCUT2D eigenvalue weighted by molar-refractivity contribution is 9.10. The third-order valence-electron chi connectivity index (χ3n) is 2.73. The molecule has 0 aliphatic carbocycles. The van der Waals surface area contributed by atoms with E-state index in [1.54, 1.807) is 0 Å². The normalized spacial score (nSPS) is 11.3. The van der Waals surface area contributed by atoms with Gasteiger partial charge in [0.15, 0.2) is 9.84 Å². The van der Waals surface area contributed by atoms with Crippen LogP contribution in [0.25, 0.3) is 0 Å². The number of aromatic nitrogens is 1. The number of hydrogen-bond acceptors (Lipinski definition) is 4. The van der Waals surface area contributed by atoms with Gasteiger partial charge in [-0.2, -0.15) is 0 Å². The van der Waals surface area contributed by atoms with Crippen molar-refractivity contribution in [2.24, 2.45) is 0 Å². The van der Waals surface area contributed by atoms with Crippen LogP contribution < -0.4 is 0 Å². The predicted molar refractivity (Wildman–Crippen MR) is 81.2 cm³/mol. The second-order valence-electron chi connectivity index (χ2n) is 4.17. The van der Waals surface area contributed by atoms with E-state index in [4.69, 9.17) is 16.7 Å². The number of aromatic carboxylic acids is 1. The smallest absolute Gasteiger partial charge is 0.336 e. The second kappa shape index (κ2) is 6.13. The number of hydrogen-bond donors (Lipinski definition) is 1. The van der Waals surface area contributed by atoms with Crippen molar-refractivity contribution >= 4 is 43.3 Å². The Hall–Kier alpha value is -1.44. The summed E-state index contributed by atoms with van der Waals surface area (Å²) < 4.78 is 25.0. The van der Waals surface area contributed by atoms with E-state index in [2.05, 4.69) is 20.9 Å². The Bertz CT molecular complexity index is 808. The lowest BCUT2D eigenvalue weighted by atomic mass is 10.2. The summed E-state index contributed by atoms with van der Waals surface area (Å²) in [5.74, 6) is -1.53. The van der Waals surface area contributed by atoms with E-state index in [0.717, 1.165) is 6.07 Å². The molecule has 1 N–H and O–H groups in total. The van der Waals surface area contributed by atoms with Gasteiger partial charge >= 0.3 is 5.97 Å². The van der Waals surface area contributed by atoms with Gasteiger partial charge in [-0.3, -0.25) is 4.98 Å².